The molecular weight excluding hydrogens is 301 g/mol. The maximum absolute atomic E-state index is 12.9. The number of unbranched alkanes of at least 4 members (excludes halogenated alkanes) is 1. The number of benzene rings is 1. The summed E-state index contributed by atoms with van der Waals surface area (Å²) in [7, 11) is 0. The standard InChI is InChI=1S/C14H17ClFNO4/c1-2-3-4-12(14(19)20)17-13(18)8-21-9-5-6-11(16)10(15)7-9/h5-7,12H,2-4,8H2,1H3,(H,17,18)(H,19,20)/t12-/m0/s1. The van der Waals surface area contributed by atoms with Gasteiger partial charge in [-0.2, -0.15) is 0 Å². The molecule has 5 nitrogen and oxygen atoms in total. The van der Waals surface area contributed by atoms with Gasteiger partial charge in [0.1, 0.15) is 17.6 Å². The molecule has 21 heavy (non-hydrogen) atoms. The molecule has 116 valence electrons. The number of nitrogens with one attached hydrogen (secondary N) is 1. The SMILES string of the molecule is CCCC[C@H](NC(=O)COc1ccc(F)c(Cl)c1)C(=O)O. The number of carboxylic acid groups (broad SMARTS) is 1. The average Bonchev–Trinajstić information content (AvgIpc) is 2.44. The Bertz CT molecular complexity index is 510. The van der Waals surface area contributed by atoms with E-state index in [1.807, 2.05) is 6.92 Å². The summed E-state index contributed by atoms with van der Waals surface area (Å²) in [4.78, 5) is 22.6. The van der Waals surface area contributed by atoms with Gasteiger partial charge < -0.3 is 15.2 Å². The molecule has 1 amide bonds. The maximum Gasteiger partial charge on any atom is 0.326 e. The lowest BCUT2D eigenvalue weighted by molar-refractivity contribution is -0.142. The zero-order valence-electron chi connectivity index (χ0n) is 11.6. The molecule has 1 aromatic rings. The molecule has 7 heteroatoms. The molecule has 0 spiro atoms. The molecule has 0 fully saturated rings. The minimum atomic E-state index is -1.08. The highest BCUT2D eigenvalue weighted by molar-refractivity contribution is 6.30. The molecule has 1 aromatic carbocycles. The lowest BCUT2D eigenvalue weighted by Gasteiger charge is -2.14. The second kappa shape index (κ2) is 8.46. The highest BCUT2D eigenvalue weighted by Crippen LogP contribution is 2.20. The Morgan fingerprint density at radius 1 is 1.48 bits per heavy atom. The molecule has 0 bridgehead atoms. The summed E-state index contributed by atoms with van der Waals surface area (Å²) in [6.07, 6.45) is 1.90. The molecule has 1 atom stereocenters. The van der Waals surface area contributed by atoms with Crippen molar-refractivity contribution in [3.05, 3.63) is 29.0 Å². The summed E-state index contributed by atoms with van der Waals surface area (Å²) in [5.74, 6) is -1.99. The van der Waals surface area contributed by atoms with Gasteiger partial charge in [-0.1, -0.05) is 31.4 Å². The average molecular weight is 318 g/mol. The molecule has 0 aliphatic rings. The number of hydrogen-bond acceptors (Lipinski definition) is 3. The van der Waals surface area contributed by atoms with Crippen LogP contribution in [0, 0.1) is 5.82 Å². The van der Waals surface area contributed by atoms with Crippen LogP contribution in [0.2, 0.25) is 5.02 Å². The van der Waals surface area contributed by atoms with E-state index in [1.165, 1.54) is 12.1 Å². The van der Waals surface area contributed by atoms with Gasteiger partial charge in [0.25, 0.3) is 5.91 Å². The van der Waals surface area contributed by atoms with Gasteiger partial charge in [-0.05, 0) is 18.6 Å². The second-order valence-corrected chi connectivity index (χ2v) is 4.87. The number of aliphatic carboxylic acids is 1. The first-order chi connectivity index (χ1) is 9.93. The predicted molar refractivity (Wildman–Crippen MR) is 76.0 cm³/mol. The normalized spacial score (nSPS) is 11.8. The minimum Gasteiger partial charge on any atom is -0.484 e. The van der Waals surface area contributed by atoms with Crippen molar-refractivity contribution in [3.8, 4) is 5.75 Å². The van der Waals surface area contributed by atoms with Gasteiger partial charge >= 0.3 is 5.97 Å². The number of carbonyl (C=O) groups is 2. The van der Waals surface area contributed by atoms with Crippen LogP contribution in [0.25, 0.3) is 0 Å². The van der Waals surface area contributed by atoms with Crippen LogP contribution in [0.3, 0.4) is 0 Å². The van der Waals surface area contributed by atoms with Crippen molar-refractivity contribution >= 4 is 23.5 Å². The van der Waals surface area contributed by atoms with Crippen LogP contribution in [0.4, 0.5) is 4.39 Å². The van der Waals surface area contributed by atoms with Gasteiger partial charge in [0.05, 0.1) is 5.02 Å². The number of hydrogen-bond donors (Lipinski definition) is 2. The fourth-order valence-corrected chi connectivity index (χ4v) is 1.79. The third-order valence-electron chi connectivity index (χ3n) is 2.74. The second-order valence-electron chi connectivity index (χ2n) is 4.47. The summed E-state index contributed by atoms with van der Waals surface area (Å²) in [6.45, 7) is 1.57. The van der Waals surface area contributed by atoms with E-state index >= 15 is 0 Å². The zero-order chi connectivity index (χ0) is 15.8. The quantitative estimate of drug-likeness (QED) is 0.773. The van der Waals surface area contributed by atoms with Crippen molar-refractivity contribution < 1.29 is 23.8 Å². The van der Waals surface area contributed by atoms with Crippen LogP contribution in [-0.4, -0.2) is 29.6 Å². The molecule has 0 unspecified atom stereocenters. The molecule has 0 radical (unpaired) electrons. The predicted octanol–water partition coefficient (Wildman–Crippen LogP) is 2.62. The maximum atomic E-state index is 12.9. The number of carboxylic acids is 1. The highest BCUT2D eigenvalue weighted by Gasteiger charge is 2.19. The largest absolute Gasteiger partial charge is 0.484 e. The Morgan fingerprint density at radius 3 is 2.76 bits per heavy atom. The van der Waals surface area contributed by atoms with Crippen molar-refractivity contribution in [2.45, 2.75) is 32.2 Å². The van der Waals surface area contributed by atoms with Gasteiger partial charge in [-0.15, -0.1) is 0 Å². The van der Waals surface area contributed by atoms with Crippen molar-refractivity contribution in [3.63, 3.8) is 0 Å². The molecule has 0 aliphatic carbocycles. The number of carbonyl (C=O) groups excluding carboxylic acids is 1. The fraction of sp³-hybridized carbons (Fsp3) is 0.429. The van der Waals surface area contributed by atoms with Gasteiger partial charge in [0.15, 0.2) is 6.61 Å². The first kappa shape index (κ1) is 17.2. The van der Waals surface area contributed by atoms with E-state index in [4.69, 9.17) is 21.4 Å². The van der Waals surface area contributed by atoms with Crippen molar-refractivity contribution in [1.29, 1.82) is 0 Å². The topological polar surface area (TPSA) is 75.6 Å². The molecule has 1 rings (SSSR count). The van der Waals surface area contributed by atoms with Crippen molar-refractivity contribution in [1.82, 2.24) is 5.32 Å². The zero-order valence-corrected chi connectivity index (χ0v) is 12.3. The van der Waals surface area contributed by atoms with E-state index < -0.39 is 23.7 Å². The van der Waals surface area contributed by atoms with E-state index in [2.05, 4.69) is 5.32 Å². The Balaban J connectivity index is 2.48. The minimum absolute atomic E-state index is 0.112. The third-order valence-corrected chi connectivity index (χ3v) is 3.03. The van der Waals surface area contributed by atoms with Crippen molar-refractivity contribution in [2.24, 2.45) is 0 Å². The molecular formula is C14H17ClFNO4. The van der Waals surface area contributed by atoms with E-state index in [-0.39, 0.29) is 17.4 Å². The molecule has 0 saturated heterocycles. The Hall–Kier alpha value is -1.82. The van der Waals surface area contributed by atoms with E-state index in [9.17, 15) is 14.0 Å². The van der Waals surface area contributed by atoms with Gasteiger partial charge in [-0.3, -0.25) is 4.79 Å². The van der Waals surface area contributed by atoms with Crippen LogP contribution in [0.15, 0.2) is 18.2 Å². The number of amides is 1. The first-order valence-corrected chi connectivity index (χ1v) is 6.91. The smallest absolute Gasteiger partial charge is 0.326 e. The third kappa shape index (κ3) is 5.99. The monoisotopic (exact) mass is 317 g/mol. The molecule has 0 saturated carbocycles. The van der Waals surface area contributed by atoms with Crippen LogP contribution < -0.4 is 10.1 Å². The lowest BCUT2D eigenvalue weighted by atomic mass is 10.1. The number of rotatable bonds is 8. The summed E-state index contributed by atoms with van der Waals surface area (Å²) in [6, 6.07) is 2.77. The van der Waals surface area contributed by atoms with Crippen molar-refractivity contribution in [2.75, 3.05) is 6.61 Å². The Labute approximate surface area is 127 Å². The summed E-state index contributed by atoms with van der Waals surface area (Å²) in [5.41, 5.74) is 0. The first-order valence-electron chi connectivity index (χ1n) is 6.54. The number of ether oxygens (including phenoxy) is 1. The van der Waals surface area contributed by atoms with E-state index in [0.717, 1.165) is 12.5 Å². The number of halogens is 2. The molecule has 2 N–H and O–H groups in total. The fourth-order valence-electron chi connectivity index (χ4n) is 1.62. The van der Waals surface area contributed by atoms with Crippen LogP contribution >= 0.6 is 11.6 Å². The van der Waals surface area contributed by atoms with Gasteiger partial charge in [-0.25, -0.2) is 9.18 Å². The van der Waals surface area contributed by atoms with Gasteiger partial charge in [0.2, 0.25) is 0 Å². The van der Waals surface area contributed by atoms with Crippen LogP contribution in [-0.2, 0) is 9.59 Å². The Morgan fingerprint density at radius 2 is 2.19 bits per heavy atom. The van der Waals surface area contributed by atoms with Crippen LogP contribution in [0.1, 0.15) is 26.2 Å². The summed E-state index contributed by atoms with van der Waals surface area (Å²) >= 11 is 5.58. The van der Waals surface area contributed by atoms with Crippen LogP contribution in [0.5, 0.6) is 5.75 Å². The van der Waals surface area contributed by atoms with E-state index in [1.54, 1.807) is 0 Å². The Kier molecular flexibility index (Phi) is 6.94. The lowest BCUT2D eigenvalue weighted by Crippen LogP contribution is -2.42. The summed E-state index contributed by atoms with van der Waals surface area (Å²) < 4.78 is 18.1. The van der Waals surface area contributed by atoms with E-state index in [0.29, 0.717) is 12.8 Å². The molecule has 0 heterocycles. The highest BCUT2D eigenvalue weighted by atomic mass is 35.5. The molecule has 0 aliphatic heterocycles. The van der Waals surface area contributed by atoms with Gasteiger partial charge in [0, 0.05) is 6.07 Å². The molecule has 0 aromatic heterocycles. The summed E-state index contributed by atoms with van der Waals surface area (Å²) in [5, 5.41) is 11.3.